The Morgan fingerprint density at radius 3 is 2.39 bits per heavy atom. The second-order valence-electron chi connectivity index (χ2n) is 10.0. The van der Waals surface area contributed by atoms with Crippen molar-refractivity contribution in [3.63, 3.8) is 0 Å². The van der Waals surface area contributed by atoms with Crippen LogP contribution in [0.4, 0.5) is 5.69 Å². The number of ketones is 2. The maximum absolute atomic E-state index is 13.7. The van der Waals surface area contributed by atoms with E-state index in [0.717, 1.165) is 56.9 Å². The van der Waals surface area contributed by atoms with Crippen LogP contribution in [0.15, 0.2) is 70.9 Å². The molecule has 4 nitrogen and oxygen atoms in total. The third-order valence-corrected chi connectivity index (χ3v) is 8.43. The monoisotopic (exact) mass is 437 g/mol. The molecule has 2 atom stereocenters. The van der Waals surface area contributed by atoms with Gasteiger partial charge in [-0.2, -0.15) is 0 Å². The number of Topliss-reactive ketones (excluding diaryl/α,β-unsaturated/α-hetero) is 2. The number of carbonyl (C=O) groups is 2. The molecule has 2 aromatic rings. The van der Waals surface area contributed by atoms with Crippen LogP contribution < -0.4 is 4.90 Å². The zero-order valence-electron chi connectivity index (χ0n) is 18.7. The van der Waals surface area contributed by atoms with Crippen LogP contribution in [0.5, 0.6) is 0 Å². The van der Waals surface area contributed by atoms with Crippen molar-refractivity contribution in [1.29, 1.82) is 0 Å². The van der Waals surface area contributed by atoms with Gasteiger partial charge >= 0.3 is 0 Å². The Balaban J connectivity index is 1.54. The molecule has 33 heavy (non-hydrogen) atoms. The molecule has 0 saturated heterocycles. The summed E-state index contributed by atoms with van der Waals surface area (Å²) in [6.07, 6.45) is 8.19. The molecule has 1 spiro atoms. The van der Waals surface area contributed by atoms with Crippen LogP contribution in [0, 0.1) is 5.92 Å². The van der Waals surface area contributed by atoms with E-state index in [-0.39, 0.29) is 17.5 Å². The summed E-state index contributed by atoms with van der Waals surface area (Å²) in [5.74, 6) is -0.143. The van der Waals surface area contributed by atoms with Gasteiger partial charge in [-0.15, -0.1) is 0 Å². The van der Waals surface area contributed by atoms with E-state index in [1.54, 1.807) is 12.1 Å². The highest BCUT2D eigenvalue weighted by Crippen LogP contribution is 2.58. The zero-order chi connectivity index (χ0) is 22.2. The Kier molecular flexibility index (Phi) is 4.14. The fourth-order valence-electron chi connectivity index (χ4n) is 7.09. The minimum atomic E-state index is -0.500. The van der Waals surface area contributed by atoms with Gasteiger partial charge in [0.15, 0.2) is 17.3 Å². The summed E-state index contributed by atoms with van der Waals surface area (Å²) >= 11 is 0. The van der Waals surface area contributed by atoms with E-state index in [2.05, 4.69) is 29.2 Å². The van der Waals surface area contributed by atoms with Crippen molar-refractivity contribution in [1.82, 2.24) is 0 Å². The van der Waals surface area contributed by atoms with Crippen molar-refractivity contribution in [3.8, 4) is 0 Å². The molecule has 2 heterocycles. The molecule has 0 aromatic heterocycles. The Labute approximate surface area is 193 Å². The van der Waals surface area contributed by atoms with Crippen molar-refractivity contribution in [3.05, 3.63) is 87.6 Å². The molecule has 7 rings (SSSR count). The number of hydrogen-bond donors (Lipinski definition) is 0. The molecule has 2 aliphatic heterocycles. The highest BCUT2D eigenvalue weighted by molar-refractivity contribution is 6.40. The van der Waals surface area contributed by atoms with Gasteiger partial charge in [0.05, 0.1) is 12.2 Å². The molecule has 0 N–H and O–H groups in total. The van der Waals surface area contributed by atoms with Crippen molar-refractivity contribution in [2.75, 3.05) is 4.90 Å². The summed E-state index contributed by atoms with van der Waals surface area (Å²) < 4.78 is 6.82. The lowest BCUT2D eigenvalue weighted by molar-refractivity contribution is -0.116. The van der Waals surface area contributed by atoms with Crippen molar-refractivity contribution >= 4 is 17.3 Å². The number of fused-ring (bicyclic) bond motifs is 4. The van der Waals surface area contributed by atoms with Crippen molar-refractivity contribution < 1.29 is 14.3 Å². The summed E-state index contributed by atoms with van der Waals surface area (Å²) in [5, 5.41) is 0. The lowest BCUT2D eigenvalue weighted by Gasteiger charge is -2.59. The van der Waals surface area contributed by atoms with Crippen molar-refractivity contribution in [2.45, 2.75) is 63.7 Å². The molecule has 3 aliphatic carbocycles. The van der Waals surface area contributed by atoms with Crippen LogP contribution in [0.2, 0.25) is 0 Å². The van der Waals surface area contributed by atoms with Crippen LogP contribution >= 0.6 is 0 Å². The van der Waals surface area contributed by atoms with Gasteiger partial charge in [-0.3, -0.25) is 9.59 Å². The van der Waals surface area contributed by atoms with E-state index in [0.29, 0.717) is 23.3 Å². The normalized spacial score (nSPS) is 28.2. The molecule has 0 radical (unpaired) electrons. The third kappa shape index (κ3) is 2.50. The highest BCUT2D eigenvalue weighted by Gasteiger charge is 2.57. The Morgan fingerprint density at radius 2 is 1.58 bits per heavy atom. The summed E-state index contributed by atoms with van der Waals surface area (Å²) in [7, 11) is 0. The smallest absolute Gasteiger partial charge is 0.198 e. The predicted molar refractivity (Wildman–Crippen MR) is 126 cm³/mol. The summed E-state index contributed by atoms with van der Waals surface area (Å²) in [6.45, 7) is 0.580. The van der Waals surface area contributed by atoms with E-state index in [4.69, 9.17) is 4.74 Å². The van der Waals surface area contributed by atoms with E-state index in [1.807, 2.05) is 12.1 Å². The second kappa shape index (κ2) is 7.01. The summed E-state index contributed by atoms with van der Waals surface area (Å²) in [4.78, 5) is 29.8. The first-order valence-corrected chi connectivity index (χ1v) is 12.4. The fraction of sp³-hybridized carbons (Fsp3) is 0.379. The van der Waals surface area contributed by atoms with Gasteiger partial charge in [0.25, 0.3) is 0 Å². The minimum absolute atomic E-state index is 0.0358. The topological polar surface area (TPSA) is 46.6 Å². The first kappa shape index (κ1) is 19.5. The molecule has 2 unspecified atom stereocenters. The summed E-state index contributed by atoms with van der Waals surface area (Å²) in [5.41, 5.74) is 7.07. The van der Waals surface area contributed by atoms with Crippen molar-refractivity contribution in [2.24, 2.45) is 5.92 Å². The summed E-state index contributed by atoms with van der Waals surface area (Å²) in [6, 6.07) is 15.9. The van der Waals surface area contributed by atoms with Crippen LogP contribution in [-0.2, 0) is 11.3 Å². The maximum atomic E-state index is 13.7. The average Bonchev–Trinajstić information content (AvgIpc) is 3.12. The van der Waals surface area contributed by atoms with E-state index in [1.165, 1.54) is 22.5 Å². The quantitative estimate of drug-likeness (QED) is 0.368. The van der Waals surface area contributed by atoms with Gasteiger partial charge in [0.1, 0.15) is 0 Å². The van der Waals surface area contributed by atoms with E-state index >= 15 is 0 Å². The molecule has 4 heteroatoms. The van der Waals surface area contributed by atoms with Crippen LogP contribution in [0.3, 0.4) is 0 Å². The maximum Gasteiger partial charge on any atom is 0.198 e. The van der Waals surface area contributed by atoms with Crippen LogP contribution in [0.25, 0.3) is 0 Å². The Morgan fingerprint density at radius 1 is 0.848 bits per heavy atom. The number of nitrogens with zero attached hydrogens (tertiary/aromatic N) is 1. The number of anilines is 1. The Bertz CT molecular complexity index is 1250. The number of allylic oxidation sites excluding steroid dienone is 3. The third-order valence-electron chi connectivity index (χ3n) is 8.43. The van der Waals surface area contributed by atoms with Crippen LogP contribution in [-0.4, -0.2) is 17.3 Å². The van der Waals surface area contributed by atoms with E-state index in [9.17, 15) is 9.59 Å². The zero-order valence-corrected chi connectivity index (χ0v) is 18.7. The van der Waals surface area contributed by atoms with Gasteiger partial charge < -0.3 is 9.64 Å². The number of rotatable bonds is 0. The molecular formula is C29H27NO3. The van der Waals surface area contributed by atoms with E-state index < -0.39 is 5.72 Å². The molecule has 5 aliphatic rings. The fourth-order valence-corrected chi connectivity index (χ4v) is 7.09. The number of hydrogen-bond acceptors (Lipinski definition) is 4. The first-order valence-electron chi connectivity index (χ1n) is 12.4. The largest absolute Gasteiger partial charge is 0.350 e. The van der Waals surface area contributed by atoms with Gasteiger partial charge in [0.2, 0.25) is 0 Å². The number of ether oxygens (including phenoxy) is 1. The highest BCUT2D eigenvalue weighted by atomic mass is 16.5. The van der Waals surface area contributed by atoms with Gasteiger partial charge in [-0.25, -0.2) is 0 Å². The minimum Gasteiger partial charge on any atom is -0.350 e. The van der Waals surface area contributed by atoms with Crippen LogP contribution in [0.1, 0.15) is 77.6 Å². The predicted octanol–water partition coefficient (Wildman–Crippen LogP) is 6.13. The standard InChI is InChI=1S/C29H27NO3/c31-27-19-10-2-3-11-20(19)28(32)26(27)25-21-12-4-6-15-24(21)30-23-14-5-1-9-18(23)17-33-29(30)16-8-7-13-22(25)29/h1-3,5,9-11,14,22H,4,6-8,12-13,15-17H2. The first-order chi connectivity index (χ1) is 16.2. The number of para-hydroxylation sites is 1. The molecule has 0 amide bonds. The lowest BCUT2D eigenvalue weighted by Crippen LogP contribution is -2.62. The molecule has 166 valence electrons. The second-order valence-corrected chi connectivity index (χ2v) is 10.0. The molecule has 1 fully saturated rings. The average molecular weight is 438 g/mol. The molecule has 1 saturated carbocycles. The van der Waals surface area contributed by atoms with Gasteiger partial charge in [-0.05, 0) is 62.2 Å². The number of benzene rings is 2. The van der Waals surface area contributed by atoms with Gasteiger partial charge in [0, 0.05) is 34.0 Å². The molecular weight excluding hydrogens is 410 g/mol. The molecule has 2 aromatic carbocycles. The van der Waals surface area contributed by atoms with Gasteiger partial charge in [-0.1, -0.05) is 48.9 Å². The molecule has 0 bridgehead atoms. The SMILES string of the molecule is O=C1C(=C2C3=C(CCCC3)N3c4ccccc4COC34CCCCC24)C(=O)c2ccccc21. The lowest BCUT2D eigenvalue weighted by atomic mass is 9.66. The number of carbonyl (C=O) groups excluding carboxylic acids is 2. The Hall–Kier alpha value is -2.98.